The number of aromatic amines is 1. The van der Waals surface area contributed by atoms with Crippen LogP contribution in [0.4, 0.5) is 5.69 Å². The summed E-state index contributed by atoms with van der Waals surface area (Å²) in [6.07, 6.45) is -0.0394. The summed E-state index contributed by atoms with van der Waals surface area (Å²) in [5.41, 5.74) is 3.50. The van der Waals surface area contributed by atoms with E-state index in [2.05, 4.69) is 10.3 Å². The maximum Gasteiger partial charge on any atom is 0.307 e. The molecular formula is C18H15ClN2O3. The van der Waals surface area contributed by atoms with E-state index >= 15 is 0 Å². The summed E-state index contributed by atoms with van der Waals surface area (Å²) in [5, 5.41) is 13.2. The highest BCUT2D eigenvalue weighted by Gasteiger charge is 2.13. The summed E-state index contributed by atoms with van der Waals surface area (Å²) in [6, 6.07) is 12.0. The van der Waals surface area contributed by atoms with Crippen molar-refractivity contribution in [2.24, 2.45) is 0 Å². The Labute approximate surface area is 143 Å². The van der Waals surface area contributed by atoms with Crippen molar-refractivity contribution in [2.75, 3.05) is 5.32 Å². The fraction of sp³-hybridized carbons (Fsp3) is 0.111. The third-order valence-corrected chi connectivity index (χ3v) is 4.06. The number of amides is 1. The van der Waals surface area contributed by atoms with Gasteiger partial charge in [-0.05, 0) is 48.9 Å². The highest BCUT2D eigenvalue weighted by molar-refractivity contribution is 6.30. The van der Waals surface area contributed by atoms with Crippen molar-refractivity contribution in [2.45, 2.75) is 13.3 Å². The standard InChI is InChI=1S/C18H15ClN2O3/c1-10-15(9-17(22)23)14-7-6-13(8-16(14)20-10)21-18(24)11-2-4-12(19)5-3-11/h2-8,20H,9H2,1H3,(H,21,24)(H,22,23). The minimum absolute atomic E-state index is 0.0394. The molecule has 24 heavy (non-hydrogen) atoms. The molecule has 1 heterocycles. The molecule has 0 fully saturated rings. The van der Waals surface area contributed by atoms with Gasteiger partial charge in [-0.2, -0.15) is 0 Å². The normalized spacial score (nSPS) is 10.8. The molecule has 6 heteroatoms. The van der Waals surface area contributed by atoms with Crippen molar-refractivity contribution >= 4 is 40.1 Å². The number of H-pyrrole nitrogens is 1. The number of carboxylic acids is 1. The number of aromatic nitrogens is 1. The Hall–Kier alpha value is -2.79. The van der Waals surface area contributed by atoms with E-state index in [-0.39, 0.29) is 12.3 Å². The first kappa shape index (κ1) is 16.1. The third-order valence-electron chi connectivity index (χ3n) is 3.81. The Kier molecular flexibility index (Phi) is 4.27. The number of carbonyl (C=O) groups excluding carboxylic acids is 1. The van der Waals surface area contributed by atoms with Gasteiger partial charge in [-0.25, -0.2) is 0 Å². The number of rotatable bonds is 4. The highest BCUT2D eigenvalue weighted by atomic mass is 35.5. The van der Waals surface area contributed by atoms with E-state index in [1.165, 1.54) is 0 Å². The number of fused-ring (bicyclic) bond motifs is 1. The number of halogens is 1. The van der Waals surface area contributed by atoms with E-state index in [1.54, 1.807) is 36.4 Å². The van der Waals surface area contributed by atoms with Crippen LogP contribution in [-0.2, 0) is 11.2 Å². The number of hydrogen-bond acceptors (Lipinski definition) is 2. The molecule has 1 aromatic heterocycles. The van der Waals surface area contributed by atoms with Gasteiger partial charge in [0.2, 0.25) is 0 Å². The molecule has 1 amide bonds. The molecule has 0 aliphatic rings. The van der Waals surface area contributed by atoms with Crippen molar-refractivity contribution < 1.29 is 14.7 Å². The van der Waals surface area contributed by atoms with Gasteiger partial charge in [-0.3, -0.25) is 9.59 Å². The van der Waals surface area contributed by atoms with Gasteiger partial charge in [-0.15, -0.1) is 0 Å². The molecule has 0 saturated carbocycles. The van der Waals surface area contributed by atoms with Crippen LogP contribution in [0.1, 0.15) is 21.6 Å². The molecule has 0 radical (unpaired) electrons. The largest absolute Gasteiger partial charge is 0.481 e. The van der Waals surface area contributed by atoms with Gasteiger partial charge in [-0.1, -0.05) is 17.7 Å². The Balaban J connectivity index is 1.87. The molecule has 0 spiro atoms. The molecule has 0 aliphatic carbocycles. The van der Waals surface area contributed by atoms with Crippen molar-refractivity contribution in [1.29, 1.82) is 0 Å². The number of aryl methyl sites for hydroxylation is 1. The Bertz CT molecular complexity index is 929. The van der Waals surface area contributed by atoms with E-state index in [0.717, 1.165) is 22.2 Å². The molecule has 0 bridgehead atoms. The lowest BCUT2D eigenvalue weighted by Gasteiger charge is -2.06. The third kappa shape index (κ3) is 3.26. The second-order valence-electron chi connectivity index (χ2n) is 5.52. The van der Waals surface area contributed by atoms with Crippen molar-refractivity contribution in [1.82, 2.24) is 4.98 Å². The first-order valence-electron chi connectivity index (χ1n) is 7.34. The van der Waals surface area contributed by atoms with Gasteiger partial charge in [0.1, 0.15) is 0 Å². The number of aliphatic carboxylic acids is 1. The van der Waals surface area contributed by atoms with Crippen molar-refractivity contribution in [3.8, 4) is 0 Å². The monoisotopic (exact) mass is 342 g/mol. The maximum atomic E-state index is 12.2. The van der Waals surface area contributed by atoms with Crippen molar-refractivity contribution in [3.05, 3.63) is 64.3 Å². The molecule has 2 aromatic carbocycles. The van der Waals surface area contributed by atoms with E-state index in [0.29, 0.717) is 16.3 Å². The second kappa shape index (κ2) is 6.37. The lowest BCUT2D eigenvalue weighted by Crippen LogP contribution is -2.11. The lowest BCUT2D eigenvalue weighted by molar-refractivity contribution is -0.136. The fourth-order valence-corrected chi connectivity index (χ4v) is 2.78. The summed E-state index contributed by atoms with van der Waals surface area (Å²) in [4.78, 5) is 26.4. The average Bonchev–Trinajstić information content (AvgIpc) is 2.82. The molecule has 0 atom stereocenters. The quantitative estimate of drug-likeness (QED) is 0.670. The number of hydrogen-bond donors (Lipinski definition) is 3. The van der Waals surface area contributed by atoms with Crippen LogP contribution in [-0.4, -0.2) is 22.0 Å². The van der Waals surface area contributed by atoms with Crippen LogP contribution in [0, 0.1) is 6.92 Å². The predicted octanol–water partition coefficient (Wildman–Crippen LogP) is 4.01. The molecule has 0 unspecified atom stereocenters. The van der Waals surface area contributed by atoms with Gasteiger partial charge < -0.3 is 15.4 Å². The number of carbonyl (C=O) groups is 2. The zero-order valence-corrected chi connectivity index (χ0v) is 13.6. The topological polar surface area (TPSA) is 82.2 Å². The van der Waals surface area contributed by atoms with Crippen LogP contribution in [0.15, 0.2) is 42.5 Å². The number of nitrogens with one attached hydrogen (secondary N) is 2. The van der Waals surface area contributed by atoms with Crippen LogP contribution in [0.3, 0.4) is 0 Å². The summed E-state index contributed by atoms with van der Waals surface area (Å²) in [7, 11) is 0. The molecule has 0 saturated heterocycles. The summed E-state index contributed by atoms with van der Waals surface area (Å²) < 4.78 is 0. The molecular weight excluding hydrogens is 328 g/mol. The van der Waals surface area contributed by atoms with Gasteiger partial charge in [0.15, 0.2) is 0 Å². The van der Waals surface area contributed by atoms with Crippen LogP contribution < -0.4 is 5.32 Å². The van der Waals surface area contributed by atoms with Crippen LogP contribution >= 0.6 is 11.6 Å². The smallest absolute Gasteiger partial charge is 0.307 e. The first-order chi connectivity index (χ1) is 11.4. The van der Waals surface area contributed by atoms with Gasteiger partial charge in [0.05, 0.1) is 6.42 Å². The summed E-state index contributed by atoms with van der Waals surface area (Å²) in [6.45, 7) is 1.84. The molecule has 3 N–H and O–H groups in total. The molecule has 3 aromatic rings. The van der Waals surface area contributed by atoms with Gasteiger partial charge in [0, 0.05) is 32.9 Å². The number of anilines is 1. The van der Waals surface area contributed by atoms with E-state index in [9.17, 15) is 9.59 Å². The average molecular weight is 343 g/mol. The number of benzene rings is 2. The first-order valence-corrected chi connectivity index (χ1v) is 7.72. The highest BCUT2D eigenvalue weighted by Crippen LogP contribution is 2.26. The van der Waals surface area contributed by atoms with Gasteiger partial charge >= 0.3 is 5.97 Å². The minimum Gasteiger partial charge on any atom is -0.481 e. The maximum absolute atomic E-state index is 12.2. The molecule has 3 rings (SSSR count). The fourth-order valence-electron chi connectivity index (χ4n) is 2.65. The van der Waals surface area contributed by atoms with E-state index in [4.69, 9.17) is 16.7 Å². The van der Waals surface area contributed by atoms with E-state index in [1.807, 2.05) is 13.0 Å². The Morgan fingerprint density at radius 3 is 2.54 bits per heavy atom. The number of carboxylic acid groups (broad SMARTS) is 1. The predicted molar refractivity (Wildman–Crippen MR) is 93.8 cm³/mol. The zero-order chi connectivity index (χ0) is 17.3. The molecule has 0 aliphatic heterocycles. The van der Waals surface area contributed by atoms with Crippen molar-refractivity contribution in [3.63, 3.8) is 0 Å². The summed E-state index contributed by atoms with van der Waals surface area (Å²) in [5.74, 6) is -1.11. The minimum atomic E-state index is -0.876. The molecule has 5 nitrogen and oxygen atoms in total. The van der Waals surface area contributed by atoms with Gasteiger partial charge in [0.25, 0.3) is 5.91 Å². The Morgan fingerprint density at radius 2 is 1.88 bits per heavy atom. The SMILES string of the molecule is Cc1[nH]c2cc(NC(=O)c3ccc(Cl)cc3)ccc2c1CC(=O)O. The van der Waals surface area contributed by atoms with Crippen LogP contribution in [0.5, 0.6) is 0 Å². The molecule has 122 valence electrons. The summed E-state index contributed by atoms with van der Waals surface area (Å²) >= 11 is 5.82. The van der Waals surface area contributed by atoms with Crippen LogP contribution in [0.25, 0.3) is 10.9 Å². The van der Waals surface area contributed by atoms with Crippen LogP contribution in [0.2, 0.25) is 5.02 Å². The second-order valence-corrected chi connectivity index (χ2v) is 5.96. The lowest BCUT2D eigenvalue weighted by atomic mass is 10.1. The zero-order valence-electron chi connectivity index (χ0n) is 12.9. The Morgan fingerprint density at radius 1 is 1.17 bits per heavy atom. The van der Waals surface area contributed by atoms with E-state index < -0.39 is 5.97 Å².